The number of rotatable bonds is 4. The third kappa shape index (κ3) is 4.93. The van der Waals surface area contributed by atoms with Crippen molar-refractivity contribution in [3.63, 3.8) is 0 Å². The minimum atomic E-state index is -4.16. The fourth-order valence-electron chi connectivity index (χ4n) is 2.69. The van der Waals surface area contributed by atoms with Gasteiger partial charge in [-0.15, -0.1) is 11.8 Å². The Morgan fingerprint density at radius 1 is 1.27 bits per heavy atom. The first-order valence-electron chi connectivity index (χ1n) is 7.45. The average molecular weight is 331 g/mol. The predicted octanol–water partition coefficient (Wildman–Crippen LogP) is 4.40. The lowest BCUT2D eigenvalue weighted by molar-refractivity contribution is -0.184. The van der Waals surface area contributed by atoms with Gasteiger partial charge in [0, 0.05) is 10.9 Å². The molecule has 3 unspecified atom stereocenters. The van der Waals surface area contributed by atoms with Crippen LogP contribution in [0.15, 0.2) is 35.2 Å². The number of thioether (sulfide) groups is 1. The first-order valence-corrected chi connectivity index (χ1v) is 8.33. The van der Waals surface area contributed by atoms with Crippen molar-refractivity contribution in [1.82, 2.24) is 5.32 Å². The van der Waals surface area contributed by atoms with Crippen molar-refractivity contribution in [2.24, 2.45) is 5.92 Å². The molecule has 0 aromatic heterocycles. The van der Waals surface area contributed by atoms with Crippen molar-refractivity contribution in [3.05, 3.63) is 30.3 Å². The summed E-state index contributed by atoms with van der Waals surface area (Å²) in [5.41, 5.74) is 0. The van der Waals surface area contributed by atoms with Gasteiger partial charge in [-0.25, -0.2) is 0 Å². The summed E-state index contributed by atoms with van der Waals surface area (Å²) in [7, 11) is 0. The highest BCUT2D eigenvalue weighted by atomic mass is 32.2. The fourth-order valence-corrected chi connectivity index (χ4v) is 3.59. The van der Waals surface area contributed by atoms with E-state index in [0.29, 0.717) is 12.8 Å². The molecule has 1 fully saturated rings. The molecule has 2 rings (SSSR count). The monoisotopic (exact) mass is 331 g/mol. The zero-order valence-electron chi connectivity index (χ0n) is 12.4. The fraction of sp³-hybridized carbons (Fsp3) is 0.562. The molecular formula is C16H20F3NOS. The molecule has 0 heterocycles. The molecule has 0 aliphatic heterocycles. The maximum atomic E-state index is 12.8. The van der Waals surface area contributed by atoms with Crippen LogP contribution in [0.4, 0.5) is 13.2 Å². The zero-order chi connectivity index (χ0) is 16.2. The second-order valence-electron chi connectivity index (χ2n) is 5.68. The van der Waals surface area contributed by atoms with Crippen molar-refractivity contribution in [1.29, 1.82) is 0 Å². The molecule has 1 saturated carbocycles. The molecule has 0 bridgehead atoms. The van der Waals surface area contributed by atoms with E-state index in [2.05, 4.69) is 5.32 Å². The third-order valence-electron chi connectivity index (χ3n) is 3.91. The Bertz CT molecular complexity index is 492. The lowest BCUT2D eigenvalue weighted by Gasteiger charge is -2.31. The minimum absolute atomic E-state index is 0.00202. The molecule has 1 N–H and O–H groups in total. The molecule has 0 radical (unpaired) electrons. The van der Waals surface area contributed by atoms with Gasteiger partial charge in [0.2, 0.25) is 5.91 Å². The highest BCUT2D eigenvalue weighted by molar-refractivity contribution is 8.00. The van der Waals surface area contributed by atoms with Gasteiger partial charge in [0.15, 0.2) is 0 Å². The van der Waals surface area contributed by atoms with Crippen LogP contribution in [0.5, 0.6) is 0 Å². The van der Waals surface area contributed by atoms with Crippen molar-refractivity contribution >= 4 is 17.7 Å². The number of amides is 1. The Balaban J connectivity index is 1.86. The Morgan fingerprint density at radius 3 is 2.59 bits per heavy atom. The molecule has 1 aromatic carbocycles. The van der Waals surface area contributed by atoms with Crippen LogP contribution < -0.4 is 5.32 Å². The summed E-state index contributed by atoms with van der Waals surface area (Å²) in [5, 5.41) is 2.46. The first kappa shape index (κ1) is 17.2. The normalized spacial score (nSPS) is 23.8. The van der Waals surface area contributed by atoms with Gasteiger partial charge in [-0.3, -0.25) is 4.79 Å². The average Bonchev–Trinajstić information content (AvgIpc) is 2.47. The second-order valence-corrected chi connectivity index (χ2v) is 7.10. The van der Waals surface area contributed by atoms with Crippen LogP contribution in [0.3, 0.4) is 0 Å². The lowest BCUT2D eigenvalue weighted by Crippen LogP contribution is -2.44. The standard InChI is InChI=1S/C16H20F3NOS/c1-11(22-14-8-3-2-4-9-14)15(21)20-13-7-5-6-12(10-13)16(17,18)19/h2-4,8-9,11-13H,5-7,10H2,1H3,(H,20,21). The minimum Gasteiger partial charge on any atom is -0.352 e. The summed E-state index contributed by atoms with van der Waals surface area (Å²) in [6, 6.07) is 9.13. The molecule has 1 aliphatic rings. The van der Waals surface area contributed by atoms with Crippen molar-refractivity contribution in [3.8, 4) is 0 Å². The highest BCUT2D eigenvalue weighted by Crippen LogP contribution is 2.37. The van der Waals surface area contributed by atoms with E-state index in [0.717, 1.165) is 4.90 Å². The molecule has 1 amide bonds. The lowest BCUT2D eigenvalue weighted by atomic mass is 9.85. The van der Waals surface area contributed by atoms with Gasteiger partial charge in [0.05, 0.1) is 11.2 Å². The van der Waals surface area contributed by atoms with Gasteiger partial charge < -0.3 is 5.32 Å². The van der Waals surface area contributed by atoms with E-state index < -0.39 is 12.1 Å². The number of carbonyl (C=O) groups excluding carboxylic acids is 1. The smallest absolute Gasteiger partial charge is 0.352 e. The quantitative estimate of drug-likeness (QED) is 0.828. The molecule has 3 atom stereocenters. The van der Waals surface area contributed by atoms with Crippen molar-refractivity contribution in [2.75, 3.05) is 0 Å². The summed E-state index contributed by atoms with van der Waals surface area (Å²) in [5.74, 6) is -1.48. The third-order valence-corrected chi connectivity index (χ3v) is 5.02. The highest BCUT2D eigenvalue weighted by Gasteiger charge is 2.42. The Hall–Kier alpha value is -1.17. The van der Waals surface area contributed by atoms with Crippen LogP contribution >= 0.6 is 11.8 Å². The molecular weight excluding hydrogens is 311 g/mol. The van der Waals surface area contributed by atoms with Crippen LogP contribution in [0.1, 0.15) is 32.6 Å². The number of nitrogens with one attached hydrogen (secondary N) is 1. The van der Waals surface area contributed by atoms with Gasteiger partial charge in [-0.1, -0.05) is 24.6 Å². The van der Waals surface area contributed by atoms with Crippen LogP contribution in [0, 0.1) is 5.92 Å². The van der Waals surface area contributed by atoms with E-state index >= 15 is 0 Å². The maximum absolute atomic E-state index is 12.8. The van der Waals surface area contributed by atoms with Crippen LogP contribution in [-0.4, -0.2) is 23.4 Å². The molecule has 122 valence electrons. The second kappa shape index (κ2) is 7.40. The summed E-state index contributed by atoms with van der Waals surface area (Å²) in [6.07, 6.45) is -2.85. The molecule has 1 aliphatic carbocycles. The largest absolute Gasteiger partial charge is 0.391 e. The van der Waals surface area contributed by atoms with E-state index in [1.807, 2.05) is 30.3 Å². The van der Waals surface area contributed by atoms with E-state index in [4.69, 9.17) is 0 Å². The molecule has 0 saturated heterocycles. The van der Waals surface area contributed by atoms with Gasteiger partial charge in [-0.2, -0.15) is 13.2 Å². The SMILES string of the molecule is CC(Sc1ccccc1)C(=O)NC1CCCC(C(F)(F)F)C1. The maximum Gasteiger partial charge on any atom is 0.391 e. The van der Waals surface area contributed by atoms with Gasteiger partial charge in [-0.05, 0) is 38.3 Å². The van der Waals surface area contributed by atoms with Crippen molar-refractivity contribution < 1.29 is 18.0 Å². The summed E-state index contributed by atoms with van der Waals surface area (Å²) < 4.78 is 38.3. The zero-order valence-corrected chi connectivity index (χ0v) is 13.2. The molecule has 6 heteroatoms. The van der Waals surface area contributed by atoms with E-state index in [9.17, 15) is 18.0 Å². The summed E-state index contributed by atoms with van der Waals surface area (Å²) in [4.78, 5) is 13.1. The molecule has 0 spiro atoms. The molecule has 1 aromatic rings. The van der Waals surface area contributed by atoms with Gasteiger partial charge >= 0.3 is 6.18 Å². The van der Waals surface area contributed by atoms with E-state index in [1.165, 1.54) is 11.8 Å². The van der Waals surface area contributed by atoms with Crippen LogP contribution in [0.2, 0.25) is 0 Å². The topological polar surface area (TPSA) is 29.1 Å². The van der Waals surface area contributed by atoms with E-state index in [1.54, 1.807) is 6.92 Å². The Kier molecular flexibility index (Phi) is 5.78. The van der Waals surface area contributed by atoms with Crippen LogP contribution in [0.25, 0.3) is 0 Å². The predicted molar refractivity (Wildman–Crippen MR) is 81.7 cm³/mol. The van der Waals surface area contributed by atoms with Gasteiger partial charge in [0.1, 0.15) is 0 Å². The van der Waals surface area contributed by atoms with Crippen molar-refractivity contribution in [2.45, 2.75) is 55.0 Å². The van der Waals surface area contributed by atoms with Crippen LogP contribution in [-0.2, 0) is 4.79 Å². The Labute approximate surface area is 132 Å². The summed E-state index contributed by atoms with van der Waals surface area (Å²) >= 11 is 1.41. The first-order chi connectivity index (χ1) is 10.4. The molecule has 22 heavy (non-hydrogen) atoms. The molecule has 2 nitrogen and oxygen atoms in total. The number of hydrogen-bond acceptors (Lipinski definition) is 2. The Morgan fingerprint density at radius 2 is 1.95 bits per heavy atom. The number of alkyl halides is 3. The number of benzene rings is 1. The number of carbonyl (C=O) groups is 1. The van der Waals surface area contributed by atoms with Gasteiger partial charge in [0.25, 0.3) is 0 Å². The number of halogens is 3. The number of hydrogen-bond donors (Lipinski definition) is 1. The summed E-state index contributed by atoms with van der Waals surface area (Å²) in [6.45, 7) is 1.77. The van der Waals surface area contributed by atoms with E-state index in [-0.39, 0.29) is 30.0 Å².